The smallest absolute Gasteiger partial charge is 0.339 e. The highest BCUT2D eigenvalue weighted by Gasteiger charge is 2.26. The van der Waals surface area contributed by atoms with E-state index in [1.165, 1.54) is 16.8 Å². The van der Waals surface area contributed by atoms with Crippen molar-refractivity contribution in [2.24, 2.45) is 0 Å². The van der Waals surface area contributed by atoms with E-state index in [2.05, 4.69) is 42.2 Å². The van der Waals surface area contributed by atoms with E-state index in [4.69, 9.17) is 9.15 Å². The highest BCUT2D eigenvalue weighted by atomic mass is 16.5. The summed E-state index contributed by atoms with van der Waals surface area (Å²) in [6.07, 6.45) is 3.86. The van der Waals surface area contributed by atoms with Crippen molar-refractivity contribution in [2.45, 2.75) is 46.1 Å². The second kappa shape index (κ2) is 6.15. The SMILES string of the molecule is CCc1ccc(N2COc3c(cc4c5c(c(=O)oc4c3C)CCC5)C2)cc1. The quantitative estimate of drug-likeness (QED) is 0.630. The summed E-state index contributed by atoms with van der Waals surface area (Å²) >= 11 is 0. The molecule has 0 bridgehead atoms. The fourth-order valence-corrected chi connectivity index (χ4v) is 4.45. The fraction of sp³-hybridized carbons (Fsp3) is 0.348. The number of nitrogens with zero attached hydrogens (tertiary/aromatic N) is 1. The highest BCUT2D eigenvalue weighted by Crippen LogP contribution is 2.38. The minimum absolute atomic E-state index is 0.175. The van der Waals surface area contributed by atoms with E-state index >= 15 is 0 Å². The normalized spacial score (nSPS) is 15.6. The molecule has 0 radical (unpaired) electrons. The standard InChI is InChI=1S/C23H23NO3/c1-3-15-7-9-17(10-8-15)24-12-16-11-20-18-5-4-6-19(18)23(25)27-22(20)14(2)21(16)26-13-24/h7-11H,3-6,12-13H2,1-2H3. The van der Waals surface area contributed by atoms with E-state index in [1.54, 1.807) is 0 Å². The molecule has 4 nitrogen and oxygen atoms in total. The Bertz CT molecular complexity index is 1100. The van der Waals surface area contributed by atoms with Crippen LogP contribution in [0.15, 0.2) is 39.5 Å². The number of anilines is 1. The fourth-order valence-electron chi connectivity index (χ4n) is 4.45. The Morgan fingerprint density at radius 2 is 1.89 bits per heavy atom. The zero-order valence-corrected chi connectivity index (χ0v) is 15.8. The number of rotatable bonds is 2. The lowest BCUT2D eigenvalue weighted by Crippen LogP contribution is -2.32. The van der Waals surface area contributed by atoms with E-state index < -0.39 is 0 Å². The molecule has 2 aromatic carbocycles. The Kier molecular flexibility index (Phi) is 3.74. The molecule has 3 aromatic rings. The molecule has 5 rings (SSSR count). The van der Waals surface area contributed by atoms with Crippen LogP contribution in [0.3, 0.4) is 0 Å². The van der Waals surface area contributed by atoms with Crippen LogP contribution in [0, 0.1) is 6.92 Å². The third kappa shape index (κ3) is 2.54. The number of ether oxygens (including phenoxy) is 1. The van der Waals surface area contributed by atoms with Crippen molar-refractivity contribution in [1.29, 1.82) is 0 Å². The van der Waals surface area contributed by atoms with Crippen molar-refractivity contribution in [3.63, 3.8) is 0 Å². The van der Waals surface area contributed by atoms with Crippen LogP contribution in [0.5, 0.6) is 5.75 Å². The van der Waals surface area contributed by atoms with Gasteiger partial charge in [-0.1, -0.05) is 19.1 Å². The topological polar surface area (TPSA) is 42.7 Å². The van der Waals surface area contributed by atoms with E-state index in [9.17, 15) is 4.79 Å². The monoisotopic (exact) mass is 361 g/mol. The summed E-state index contributed by atoms with van der Waals surface area (Å²) in [5, 5.41) is 1.09. The molecule has 1 aliphatic heterocycles. The van der Waals surface area contributed by atoms with Crippen molar-refractivity contribution >= 4 is 16.7 Å². The molecular formula is C23H23NO3. The zero-order valence-electron chi connectivity index (χ0n) is 15.8. The molecule has 0 N–H and O–H groups in total. The molecule has 0 amide bonds. The zero-order chi connectivity index (χ0) is 18.5. The lowest BCUT2D eigenvalue weighted by molar-refractivity contribution is 0.287. The minimum atomic E-state index is -0.175. The maximum Gasteiger partial charge on any atom is 0.339 e. The summed E-state index contributed by atoms with van der Waals surface area (Å²) in [6.45, 7) is 5.46. The maximum absolute atomic E-state index is 12.3. The minimum Gasteiger partial charge on any atom is -0.472 e. The van der Waals surface area contributed by atoms with Crippen LogP contribution in [0.1, 0.15) is 41.2 Å². The van der Waals surface area contributed by atoms with Gasteiger partial charge in [0.1, 0.15) is 11.3 Å². The molecule has 0 fully saturated rings. The lowest BCUT2D eigenvalue weighted by Gasteiger charge is -2.32. The molecule has 138 valence electrons. The van der Waals surface area contributed by atoms with E-state index in [1.807, 2.05) is 6.92 Å². The van der Waals surface area contributed by atoms with Crippen LogP contribution >= 0.6 is 0 Å². The van der Waals surface area contributed by atoms with Gasteiger partial charge in [-0.25, -0.2) is 4.79 Å². The third-order valence-electron chi connectivity index (χ3n) is 5.96. The maximum atomic E-state index is 12.3. The van der Waals surface area contributed by atoms with Gasteiger partial charge in [0.25, 0.3) is 0 Å². The van der Waals surface area contributed by atoms with Gasteiger partial charge in [-0.3, -0.25) is 0 Å². The average Bonchev–Trinajstić information content (AvgIpc) is 3.20. The van der Waals surface area contributed by atoms with Gasteiger partial charge in [0.05, 0.1) is 0 Å². The summed E-state index contributed by atoms with van der Waals surface area (Å²) in [6, 6.07) is 10.9. The summed E-state index contributed by atoms with van der Waals surface area (Å²) < 4.78 is 11.8. The largest absolute Gasteiger partial charge is 0.472 e. The molecule has 0 atom stereocenters. The van der Waals surface area contributed by atoms with Crippen molar-refractivity contribution in [1.82, 2.24) is 0 Å². The number of hydrogen-bond acceptors (Lipinski definition) is 4. The molecule has 0 spiro atoms. The summed E-state index contributed by atoms with van der Waals surface area (Å²) in [5.74, 6) is 0.866. The predicted molar refractivity (Wildman–Crippen MR) is 107 cm³/mol. The number of hydrogen-bond donors (Lipinski definition) is 0. The second-order valence-corrected chi connectivity index (χ2v) is 7.56. The van der Waals surface area contributed by atoms with Crippen LogP contribution in [0.25, 0.3) is 11.0 Å². The third-order valence-corrected chi connectivity index (χ3v) is 5.96. The van der Waals surface area contributed by atoms with Gasteiger partial charge >= 0.3 is 5.63 Å². The molecular weight excluding hydrogens is 338 g/mol. The second-order valence-electron chi connectivity index (χ2n) is 7.56. The number of benzene rings is 2. The Hall–Kier alpha value is -2.75. The first kappa shape index (κ1) is 16.4. The molecule has 2 heterocycles. The Morgan fingerprint density at radius 1 is 1.11 bits per heavy atom. The average molecular weight is 361 g/mol. The molecule has 4 heteroatoms. The molecule has 1 aromatic heterocycles. The number of aryl methyl sites for hydroxylation is 3. The van der Waals surface area contributed by atoms with E-state index in [0.29, 0.717) is 12.3 Å². The van der Waals surface area contributed by atoms with E-state index in [0.717, 1.165) is 60.1 Å². The van der Waals surface area contributed by atoms with Gasteiger partial charge in [-0.05, 0) is 61.9 Å². The number of fused-ring (bicyclic) bond motifs is 4. The molecule has 27 heavy (non-hydrogen) atoms. The van der Waals surface area contributed by atoms with Gasteiger partial charge in [0.2, 0.25) is 0 Å². The highest BCUT2D eigenvalue weighted by molar-refractivity contribution is 5.87. The Balaban J connectivity index is 1.60. The van der Waals surface area contributed by atoms with Crippen LogP contribution in [0.2, 0.25) is 0 Å². The molecule has 0 saturated carbocycles. The Labute approximate surface area is 158 Å². The Morgan fingerprint density at radius 3 is 2.67 bits per heavy atom. The van der Waals surface area contributed by atoms with Crippen LogP contribution in [-0.2, 0) is 25.8 Å². The first-order valence-corrected chi connectivity index (χ1v) is 9.73. The molecule has 0 unspecified atom stereocenters. The predicted octanol–water partition coefficient (Wildman–Crippen LogP) is 4.51. The summed E-state index contributed by atoms with van der Waals surface area (Å²) in [7, 11) is 0. The molecule has 2 aliphatic rings. The molecule has 1 aliphatic carbocycles. The first-order valence-electron chi connectivity index (χ1n) is 9.73. The first-order chi connectivity index (χ1) is 13.2. The van der Waals surface area contributed by atoms with Crippen molar-refractivity contribution in [3.05, 3.63) is 68.6 Å². The summed E-state index contributed by atoms with van der Waals surface area (Å²) in [5.41, 5.74) is 7.17. The van der Waals surface area contributed by atoms with Crippen LogP contribution < -0.4 is 15.3 Å². The van der Waals surface area contributed by atoms with Gasteiger partial charge in [-0.2, -0.15) is 0 Å². The van der Waals surface area contributed by atoms with Gasteiger partial charge in [0, 0.05) is 34.3 Å². The molecule has 0 saturated heterocycles. The van der Waals surface area contributed by atoms with E-state index in [-0.39, 0.29) is 5.63 Å². The lowest BCUT2D eigenvalue weighted by atomic mass is 9.99. The van der Waals surface area contributed by atoms with Gasteiger partial charge in [0.15, 0.2) is 6.73 Å². The van der Waals surface area contributed by atoms with Gasteiger partial charge < -0.3 is 14.1 Å². The van der Waals surface area contributed by atoms with Crippen molar-refractivity contribution in [2.75, 3.05) is 11.6 Å². The summed E-state index contributed by atoms with van der Waals surface area (Å²) in [4.78, 5) is 14.6. The van der Waals surface area contributed by atoms with Crippen LogP contribution in [0.4, 0.5) is 5.69 Å². The van der Waals surface area contributed by atoms with Crippen molar-refractivity contribution < 1.29 is 9.15 Å². The van der Waals surface area contributed by atoms with Gasteiger partial charge in [-0.15, -0.1) is 0 Å². The van der Waals surface area contributed by atoms with Crippen molar-refractivity contribution in [3.8, 4) is 5.75 Å². The van der Waals surface area contributed by atoms with Crippen LogP contribution in [-0.4, -0.2) is 6.73 Å².